The van der Waals surface area contributed by atoms with Gasteiger partial charge in [-0.1, -0.05) is 0 Å². The van der Waals surface area contributed by atoms with Gasteiger partial charge in [-0.3, -0.25) is 4.79 Å². The summed E-state index contributed by atoms with van der Waals surface area (Å²) < 4.78 is 0.745. The number of carbonyl (C=O) groups is 1. The Hall–Kier alpha value is -0.940. The minimum Gasteiger partial charge on any atom is -0.337 e. The molecule has 5 heteroatoms. The molecule has 1 aromatic rings. The highest BCUT2D eigenvalue weighted by Gasteiger charge is 2.30. The van der Waals surface area contributed by atoms with Gasteiger partial charge >= 0.3 is 0 Å². The minimum atomic E-state index is -0.0133. The zero-order valence-electron chi connectivity index (χ0n) is 9.77. The van der Waals surface area contributed by atoms with Crippen LogP contribution in [0.1, 0.15) is 23.8 Å². The molecule has 0 bridgehead atoms. The molecule has 1 fully saturated rings. The predicted octanol–water partition coefficient (Wildman–Crippen LogP) is 1.65. The molecule has 1 aromatic heterocycles. The monoisotopic (exact) mass is 297 g/mol. The lowest BCUT2D eigenvalue weighted by atomic mass is 10.0. The molecule has 17 heavy (non-hydrogen) atoms. The van der Waals surface area contributed by atoms with Crippen LogP contribution in [0.25, 0.3) is 0 Å². The van der Waals surface area contributed by atoms with Gasteiger partial charge in [0.15, 0.2) is 0 Å². The number of nitrogens with zero attached hydrogens (tertiary/aromatic N) is 2. The molecule has 0 saturated carbocycles. The summed E-state index contributed by atoms with van der Waals surface area (Å²) in [4.78, 5) is 18.2. The lowest BCUT2D eigenvalue weighted by molar-refractivity contribution is 0.0779. The number of likely N-dealkylation sites (tertiary alicyclic amines) is 1. The summed E-state index contributed by atoms with van der Waals surface area (Å²) in [7, 11) is 0. The summed E-state index contributed by atoms with van der Waals surface area (Å²) in [6.45, 7) is 3.50. The van der Waals surface area contributed by atoms with Crippen molar-refractivity contribution in [1.82, 2.24) is 9.88 Å². The maximum Gasteiger partial charge on any atom is 0.273 e. The van der Waals surface area contributed by atoms with Gasteiger partial charge < -0.3 is 10.6 Å². The van der Waals surface area contributed by atoms with E-state index in [-0.39, 0.29) is 11.9 Å². The number of pyridine rings is 1. The van der Waals surface area contributed by atoms with Gasteiger partial charge in [0, 0.05) is 29.8 Å². The Balaban J connectivity index is 2.10. The Morgan fingerprint density at radius 2 is 2.47 bits per heavy atom. The third-order valence-corrected chi connectivity index (χ3v) is 3.86. The van der Waals surface area contributed by atoms with Gasteiger partial charge in [-0.15, -0.1) is 0 Å². The first kappa shape index (κ1) is 12.5. The highest BCUT2D eigenvalue weighted by Crippen LogP contribution is 2.22. The van der Waals surface area contributed by atoms with Crippen LogP contribution in [0.3, 0.4) is 0 Å². The molecular weight excluding hydrogens is 282 g/mol. The number of nitrogens with two attached hydrogens (primary N) is 1. The second-order valence-corrected chi connectivity index (χ2v) is 5.35. The number of hydrogen-bond donors (Lipinski definition) is 1. The van der Waals surface area contributed by atoms with Gasteiger partial charge in [-0.25, -0.2) is 4.98 Å². The van der Waals surface area contributed by atoms with Gasteiger partial charge in [0.2, 0.25) is 0 Å². The molecule has 2 atom stereocenters. The maximum atomic E-state index is 12.2. The molecule has 92 valence electrons. The van der Waals surface area contributed by atoms with Crippen molar-refractivity contribution in [1.29, 1.82) is 0 Å². The smallest absolute Gasteiger partial charge is 0.273 e. The van der Waals surface area contributed by atoms with Crippen molar-refractivity contribution < 1.29 is 4.79 Å². The molecule has 1 amide bonds. The van der Waals surface area contributed by atoms with Crippen molar-refractivity contribution in [2.45, 2.75) is 19.4 Å². The van der Waals surface area contributed by atoms with Crippen molar-refractivity contribution in [3.63, 3.8) is 0 Å². The molecule has 0 spiro atoms. The van der Waals surface area contributed by atoms with Gasteiger partial charge in [-0.05, 0) is 47.3 Å². The summed E-state index contributed by atoms with van der Waals surface area (Å²) in [5.74, 6) is 0.391. The van der Waals surface area contributed by atoms with Crippen molar-refractivity contribution in [3.05, 3.63) is 28.5 Å². The lowest BCUT2D eigenvalue weighted by Crippen LogP contribution is -2.33. The number of hydrogen-bond acceptors (Lipinski definition) is 3. The highest BCUT2D eigenvalue weighted by atomic mass is 79.9. The topological polar surface area (TPSA) is 59.2 Å². The molecule has 4 nitrogen and oxygen atoms in total. The van der Waals surface area contributed by atoms with Gasteiger partial charge in [0.25, 0.3) is 5.91 Å². The summed E-state index contributed by atoms with van der Waals surface area (Å²) in [6, 6.07) is 3.77. The SMILES string of the molecule is CC(N)C1CCN(C(=O)c2ncccc2Br)C1. The molecule has 0 radical (unpaired) electrons. The fraction of sp³-hybridized carbons (Fsp3) is 0.500. The number of rotatable bonds is 2. The van der Waals surface area contributed by atoms with Crippen molar-refractivity contribution in [2.75, 3.05) is 13.1 Å². The fourth-order valence-corrected chi connectivity index (χ4v) is 2.52. The number of aromatic nitrogens is 1. The van der Waals surface area contributed by atoms with E-state index in [0.717, 1.165) is 24.0 Å². The molecule has 0 aromatic carbocycles. The molecule has 1 aliphatic rings. The normalized spacial score (nSPS) is 21.6. The summed E-state index contributed by atoms with van der Waals surface area (Å²) in [6.07, 6.45) is 2.62. The second kappa shape index (κ2) is 5.14. The Bertz CT molecular complexity index is 422. The molecule has 0 aliphatic carbocycles. The van der Waals surface area contributed by atoms with Crippen molar-refractivity contribution in [2.24, 2.45) is 11.7 Å². The third-order valence-electron chi connectivity index (χ3n) is 3.22. The summed E-state index contributed by atoms with van der Waals surface area (Å²) >= 11 is 3.35. The number of halogens is 1. The molecule has 1 aliphatic heterocycles. The van der Waals surface area contributed by atoms with Crippen LogP contribution in [-0.2, 0) is 0 Å². The summed E-state index contributed by atoms with van der Waals surface area (Å²) in [5, 5.41) is 0. The average Bonchev–Trinajstić information content (AvgIpc) is 2.78. The van der Waals surface area contributed by atoms with Crippen LogP contribution in [0.5, 0.6) is 0 Å². The largest absolute Gasteiger partial charge is 0.337 e. The predicted molar refractivity (Wildman–Crippen MR) is 69.6 cm³/mol. The van der Waals surface area contributed by atoms with Crippen LogP contribution in [0.15, 0.2) is 22.8 Å². The summed E-state index contributed by atoms with van der Waals surface area (Å²) in [5.41, 5.74) is 6.35. The van der Waals surface area contributed by atoms with E-state index in [0.29, 0.717) is 11.6 Å². The third kappa shape index (κ3) is 2.66. The Kier molecular flexibility index (Phi) is 3.79. The second-order valence-electron chi connectivity index (χ2n) is 4.49. The first-order valence-electron chi connectivity index (χ1n) is 5.75. The molecule has 2 heterocycles. The minimum absolute atomic E-state index is 0.0133. The fourth-order valence-electron chi connectivity index (χ4n) is 2.09. The molecule has 2 N–H and O–H groups in total. The molecular formula is C12H16BrN3O. The lowest BCUT2D eigenvalue weighted by Gasteiger charge is -2.18. The van der Waals surface area contributed by atoms with E-state index in [9.17, 15) is 4.79 Å². The van der Waals surface area contributed by atoms with Crippen LogP contribution >= 0.6 is 15.9 Å². The van der Waals surface area contributed by atoms with Gasteiger partial charge in [-0.2, -0.15) is 0 Å². The van der Waals surface area contributed by atoms with Crippen LogP contribution in [-0.4, -0.2) is 34.9 Å². The quantitative estimate of drug-likeness (QED) is 0.903. The van der Waals surface area contributed by atoms with Crippen LogP contribution in [0, 0.1) is 5.92 Å². The number of carbonyl (C=O) groups excluding carboxylic acids is 1. The average molecular weight is 298 g/mol. The zero-order chi connectivity index (χ0) is 12.4. The van der Waals surface area contributed by atoms with E-state index < -0.39 is 0 Å². The molecule has 1 saturated heterocycles. The van der Waals surface area contributed by atoms with E-state index in [1.807, 2.05) is 17.9 Å². The van der Waals surface area contributed by atoms with E-state index in [1.165, 1.54) is 0 Å². The van der Waals surface area contributed by atoms with E-state index in [2.05, 4.69) is 20.9 Å². The van der Waals surface area contributed by atoms with Gasteiger partial charge in [0.1, 0.15) is 5.69 Å². The number of amides is 1. The van der Waals surface area contributed by atoms with Crippen LogP contribution < -0.4 is 5.73 Å². The molecule has 2 unspecified atom stereocenters. The van der Waals surface area contributed by atoms with Crippen molar-refractivity contribution >= 4 is 21.8 Å². The molecule has 2 rings (SSSR count). The Morgan fingerprint density at radius 3 is 3.06 bits per heavy atom. The van der Waals surface area contributed by atoms with Crippen LogP contribution in [0.4, 0.5) is 0 Å². The maximum absolute atomic E-state index is 12.2. The zero-order valence-corrected chi connectivity index (χ0v) is 11.4. The first-order valence-corrected chi connectivity index (χ1v) is 6.54. The van der Waals surface area contributed by atoms with Crippen LogP contribution in [0.2, 0.25) is 0 Å². The standard InChI is InChI=1S/C12H16BrN3O/c1-8(14)9-4-6-16(7-9)12(17)11-10(13)3-2-5-15-11/h2-3,5,8-9H,4,6-7,14H2,1H3. The van der Waals surface area contributed by atoms with E-state index >= 15 is 0 Å². The Labute approximate surface area is 109 Å². The first-order chi connectivity index (χ1) is 8.09. The van der Waals surface area contributed by atoms with E-state index in [4.69, 9.17) is 5.73 Å². The highest BCUT2D eigenvalue weighted by molar-refractivity contribution is 9.10. The Morgan fingerprint density at radius 1 is 1.71 bits per heavy atom. The van der Waals surface area contributed by atoms with Crippen molar-refractivity contribution in [3.8, 4) is 0 Å². The van der Waals surface area contributed by atoms with E-state index in [1.54, 1.807) is 12.3 Å². The van der Waals surface area contributed by atoms with Gasteiger partial charge in [0.05, 0.1) is 0 Å².